The molecular weight excluding hydrogens is 254 g/mol. The minimum atomic E-state index is -0.359. The molecule has 1 aliphatic heterocycles. The highest BCUT2D eigenvalue weighted by molar-refractivity contribution is 5.81. The predicted octanol–water partition coefficient (Wildman–Crippen LogP) is 1.08. The maximum absolute atomic E-state index is 12.0. The summed E-state index contributed by atoms with van der Waals surface area (Å²) in [6.07, 6.45) is 0.692. The van der Waals surface area contributed by atoms with Gasteiger partial charge in [-0.05, 0) is 30.7 Å². The molecule has 2 rings (SSSR count). The van der Waals surface area contributed by atoms with Gasteiger partial charge in [-0.3, -0.25) is 4.79 Å². The van der Waals surface area contributed by atoms with Gasteiger partial charge in [-0.15, -0.1) is 0 Å². The van der Waals surface area contributed by atoms with E-state index in [-0.39, 0.29) is 11.9 Å². The molecule has 0 bridgehead atoms. The van der Waals surface area contributed by atoms with Gasteiger partial charge in [0.15, 0.2) is 0 Å². The summed E-state index contributed by atoms with van der Waals surface area (Å²) in [5, 5.41) is 0. The van der Waals surface area contributed by atoms with Crippen LogP contribution in [0.5, 0.6) is 5.75 Å². The fourth-order valence-corrected chi connectivity index (χ4v) is 2.39. The van der Waals surface area contributed by atoms with Crippen LogP contribution in [0.4, 0.5) is 5.69 Å². The van der Waals surface area contributed by atoms with Crippen molar-refractivity contribution in [2.24, 2.45) is 5.73 Å². The standard InChI is InChI=1S/C15H23N3O2/c1-3-14(16)15(19)18-10-8-17(9-11-18)12-4-6-13(20-2)7-5-12/h4-7,14H,3,8-11,16H2,1-2H3. The molecule has 1 aromatic carbocycles. The van der Waals surface area contributed by atoms with Gasteiger partial charge < -0.3 is 20.3 Å². The average molecular weight is 277 g/mol. The lowest BCUT2D eigenvalue weighted by Gasteiger charge is -2.37. The molecular formula is C15H23N3O2. The van der Waals surface area contributed by atoms with Crippen LogP contribution in [-0.4, -0.2) is 50.1 Å². The minimum Gasteiger partial charge on any atom is -0.497 e. The number of methoxy groups -OCH3 is 1. The first-order chi connectivity index (χ1) is 9.65. The van der Waals surface area contributed by atoms with Crippen molar-refractivity contribution in [1.82, 2.24) is 4.90 Å². The van der Waals surface area contributed by atoms with E-state index in [0.29, 0.717) is 6.42 Å². The summed E-state index contributed by atoms with van der Waals surface area (Å²) in [6, 6.07) is 7.66. The van der Waals surface area contributed by atoms with Crippen molar-refractivity contribution >= 4 is 11.6 Å². The van der Waals surface area contributed by atoms with E-state index in [9.17, 15) is 4.79 Å². The number of hydrogen-bond acceptors (Lipinski definition) is 4. The number of ether oxygens (including phenoxy) is 1. The molecule has 1 aromatic rings. The number of piperazine rings is 1. The number of hydrogen-bond donors (Lipinski definition) is 1. The Bertz CT molecular complexity index is 439. The van der Waals surface area contributed by atoms with E-state index < -0.39 is 0 Å². The number of benzene rings is 1. The molecule has 5 nitrogen and oxygen atoms in total. The van der Waals surface area contributed by atoms with Gasteiger partial charge in [-0.1, -0.05) is 6.92 Å². The van der Waals surface area contributed by atoms with Gasteiger partial charge in [-0.25, -0.2) is 0 Å². The fourth-order valence-electron chi connectivity index (χ4n) is 2.39. The molecule has 0 aliphatic carbocycles. The zero-order valence-corrected chi connectivity index (χ0v) is 12.2. The van der Waals surface area contributed by atoms with E-state index in [2.05, 4.69) is 4.90 Å². The molecule has 1 amide bonds. The van der Waals surface area contributed by atoms with Crippen molar-refractivity contribution in [1.29, 1.82) is 0 Å². The molecule has 1 unspecified atom stereocenters. The van der Waals surface area contributed by atoms with Crippen molar-refractivity contribution in [2.75, 3.05) is 38.2 Å². The number of anilines is 1. The number of amides is 1. The van der Waals surface area contributed by atoms with E-state index in [1.807, 2.05) is 36.1 Å². The highest BCUT2D eigenvalue weighted by Gasteiger charge is 2.24. The molecule has 1 saturated heterocycles. The first kappa shape index (κ1) is 14.7. The summed E-state index contributed by atoms with van der Waals surface area (Å²) in [6.45, 7) is 5.09. The van der Waals surface area contributed by atoms with Crippen molar-refractivity contribution in [3.8, 4) is 5.75 Å². The van der Waals surface area contributed by atoms with E-state index >= 15 is 0 Å². The van der Waals surface area contributed by atoms with Crippen molar-refractivity contribution in [3.63, 3.8) is 0 Å². The molecule has 0 saturated carbocycles. The summed E-state index contributed by atoms with van der Waals surface area (Å²) >= 11 is 0. The lowest BCUT2D eigenvalue weighted by molar-refractivity contribution is -0.132. The van der Waals surface area contributed by atoms with Crippen LogP contribution in [0.3, 0.4) is 0 Å². The third-order valence-electron chi connectivity index (χ3n) is 3.79. The van der Waals surface area contributed by atoms with Gasteiger partial charge in [0.2, 0.25) is 5.91 Å². The zero-order valence-electron chi connectivity index (χ0n) is 12.2. The quantitative estimate of drug-likeness (QED) is 0.895. The van der Waals surface area contributed by atoms with Gasteiger partial charge in [-0.2, -0.15) is 0 Å². The number of carbonyl (C=O) groups excluding carboxylic acids is 1. The maximum atomic E-state index is 12.0. The molecule has 0 radical (unpaired) electrons. The first-order valence-corrected chi connectivity index (χ1v) is 7.09. The first-order valence-electron chi connectivity index (χ1n) is 7.09. The van der Waals surface area contributed by atoms with Crippen LogP contribution >= 0.6 is 0 Å². The van der Waals surface area contributed by atoms with Gasteiger partial charge in [0.05, 0.1) is 13.2 Å². The maximum Gasteiger partial charge on any atom is 0.239 e. The van der Waals surface area contributed by atoms with Crippen LogP contribution in [0, 0.1) is 0 Å². The average Bonchev–Trinajstić information content (AvgIpc) is 2.53. The Morgan fingerprint density at radius 1 is 1.25 bits per heavy atom. The SMILES string of the molecule is CCC(N)C(=O)N1CCN(c2ccc(OC)cc2)CC1. The molecule has 1 aliphatic rings. The number of nitrogens with two attached hydrogens (primary N) is 1. The molecule has 1 fully saturated rings. The largest absolute Gasteiger partial charge is 0.497 e. The summed E-state index contributed by atoms with van der Waals surface area (Å²) < 4.78 is 5.16. The monoisotopic (exact) mass is 277 g/mol. The van der Waals surface area contributed by atoms with E-state index in [4.69, 9.17) is 10.5 Å². The molecule has 0 spiro atoms. The lowest BCUT2D eigenvalue weighted by Crippen LogP contribution is -2.53. The highest BCUT2D eigenvalue weighted by atomic mass is 16.5. The second-order valence-corrected chi connectivity index (χ2v) is 5.03. The van der Waals surface area contributed by atoms with Crippen LogP contribution in [-0.2, 0) is 4.79 Å². The number of nitrogens with zero attached hydrogens (tertiary/aromatic N) is 2. The van der Waals surface area contributed by atoms with Crippen LogP contribution in [0.15, 0.2) is 24.3 Å². The van der Waals surface area contributed by atoms with Crippen LogP contribution in [0.2, 0.25) is 0 Å². The molecule has 5 heteroatoms. The number of rotatable bonds is 4. The molecule has 1 atom stereocenters. The Balaban J connectivity index is 1.92. The minimum absolute atomic E-state index is 0.0712. The van der Waals surface area contributed by atoms with Crippen LogP contribution in [0.1, 0.15) is 13.3 Å². The molecule has 2 N–H and O–H groups in total. The zero-order chi connectivity index (χ0) is 14.5. The Labute approximate surface area is 120 Å². The van der Waals surface area contributed by atoms with Crippen LogP contribution < -0.4 is 15.4 Å². The second-order valence-electron chi connectivity index (χ2n) is 5.03. The Hall–Kier alpha value is -1.75. The van der Waals surface area contributed by atoms with Crippen molar-refractivity contribution in [3.05, 3.63) is 24.3 Å². The topological polar surface area (TPSA) is 58.8 Å². The van der Waals surface area contributed by atoms with Gasteiger partial charge >= 0.3 is 0 Å². The van der Waals surface area contributed by atoms with Gasteiger partial charge in [0.1, 0.15) is 5.75 Å². The molecule has 20 heavy (non-hydrogen) atoms. The molecule has 1 heterocycles. The smallest absolute Gasteiger partial charge is 0.239 e. The molecule has 0 aromatic heterocycles. The van der Waals surface area contributed by atoms with Crippen LogP contribution in [0.25, 0.3) is 0 Å². The van der Waals surface area contributed by atoms with E-state index in [0.717, 1.165) is 37.6 Å². The third kappa shape index (κ3) is 3.22. The van der Waals surface area contributed by atoms with Gasteiger partial charge in [0, 0.05) is 31.9 Å². The normalized spacial score (nSPS) is 16.9. The predicted molar refractivity (Wildman–Crippen MR) is 80.1 cm³/mol. The summed E-state index contributed by atoms with van der Waals surface area (Å²) in [5.41, 5.74) is 6.97. The van der Waals surface area contributed by atoms with E-state index in [1.165, 1.54) is 0 Å². The summed E-state index contributed by atoms with van der Waals surface area (Å²) in [5.74, 6) is 0.929. The summed E-state index contributed by atoms with van der Waals surface area (Å²) in [4.78, 5) is 16.2. The highest BCUT2D eigenvalue weighted by Crippen LogP contribution is 2.20. The van der Waals surface area contributed by atoms with E-state index in [1.54, 1.807) is 7.11 Å². The Kier molecular flexibility index (Phi) is 4.84. The fraction of sp³-hybridized carbons (Fsp3) is 0.533. The van der Waals surface area contributed by atoms with Gasteiger partial charge in [0.25, 0.3) is 0 Å². The Morgan fingerprint density at radius 3 is 2.35 bits per heavy atom. The van der Waals surface area contributed by atoms with Crippen molar-refractivity contribution < 1.29 is 9.53 Å². The second kappa shape index (κ2) is 6.61. The molecule has 110 valence electrons. The lowest BCUT2D eigenvalue weighted by atomic mass is 10.2. The summed E-state index contributed by atoms with van der Waals surface area (Å²) in [7, 11) is 1.66. The van der Waals surface area contributed by atoms with Crippen molar-refractivity contribution in [2.45, 2.75) is 19.4 Å². The Morgan fingerprint density at radius 2 is 1.85 bits per heavy atom. The third-order valence-corrected chi connectivity index (χ3v) is 3.79. The number of carbonyl (C=O) groups is 1.